The second-order valence-corrected chi connectivity index (χ2v) is 8.00. The molecule has 0 radical (unpaired) electrons. The van der Waals surface area contributed by atoms with Crippen molar-refractivity contribution in [3.8, 4) is 11.5 Å². The average molecular weight is 386 g/mol. The summed E-state index contributed by atoms with van der Waals surface area (Å²) in [4.78, 5) is 15.4. The monoisotopic (exact) mass is 386 g/mol. The van der Waals surface area contributed by atoms with Crippen LogP contribution in [0.4, 0.5) is 0 Å². The summed E-state index contributed by atoms with van der Waals surface area (Å²) in [7, 11) is -3.59. The number of nitrogens with two attached hydrogens (primary N) is 1. The van der Waals surface area contributed by atoms with Crippen LogP contribution in [0.2, 0.25) is 0 Å². The van der Waals surface area contributed by atoms with Crippen LogP contribution >= 0.6 is 0 Å². The van der Waals surface area contributed by atoms with E-state index < -0.39 is 15.8 Å². The summed E-state index contributed by atoms with van der Waals surface area (Å²) in [5.74, 6) is -0.683. The number of hydrogen-bond acceptors (Lipinski definition) is 6. The molecule has 0 spiro atoms. The highest BCUT2D eigenvalue weighted by Gasteiger charge is 2.21. The second-order valence-electron chi connectivity index (χ2n) is 6.01. The van der Waals surface area contributed by atoms with Crippen LogP contribution in [0.1, 0.15) is 27.4 Å². The molecule has 27 heavy (non-hydrogen) atoms. The Balaban J connectivity index is 1.86. The highest BCUT2D eigenvalue weighted by molar-refractivity contribution is 7.90. The maximum atomic E-state index is 12.6. The average Bonchev–Trinajstić information content (AvgIpc) is 3.01. The lowest BCUT2D eigenvalue weighted by Crippen LogP contribution is -2.07. The first-order valence-corrected chi connectivity index (χ1v) is 9.77. The van der Waals surface area contributed by atoms with Crippen molar-refractivity contribution < 1.29 is 22.7 Å². The molecular weight excluding hydrogens is 368 g/mol. The van der Waals surface area contributed by atoms with Crippen molar-refractivity contribution in [3.05, 3.63) is 71.1 Å². The highest BCUT2D eigenvalue weighted by Crippen LogP contribution is 2.25. The zero-order chi connectivity index (χ0) is 19.6. The van der Waals surface area contributed by atoms with E-state index in [4.69, 9.17) is 15.3 Å². The van der Waals surface area contributed by atoms with E-state index in [1.807, 2.05) is 0 Å². The van der Waals surface area contributed by atoms with Crippen molar-refractivity contribution in [1.82, 2.24) is 4.98 Å². The maximum absolute atomic E-state index is 12.6. The minimum Gasteiger partial charge on any atom is -0.478 e. The normalized spacial score (nSPS) is 11.5. The van der Waals surface area contributed by atoms with Gasteiger partial charge in [0.25, 0.3) is 0 Å². The fourth-order valence-electron chi connectivity index (χ4n) is 2.54. The Kier molecular flexibility index (Phi) is 5.11. The molecule has 2 aromatic carbocycles. The summed E-state index contributed by atoms with van der Waals surface area (Å²) < 4.78 is 30.9. The second kappa shape index (κ2) is 7.34. The lowest BCUT2D eigenvalue weighted by molar-refractivity contribution is 0.0697. The Bertz CT molecular complexity index is 1070. The Morgan fingerprint density at radius 2 is 1.74 bits per heavy atom. The standard InChI is InChI=1S/C19H18N2O5S/c1-12-17(11-27(24,25)16-8-2-13(10-20)3-9-16)21-18(26-12)14-4-6-15(7-5-14)19(22)23/h2-9H,10-11,20H2,1H3,(H,22,23). The van der Waals surface area contributed by atoms with Crippen molar-refractivity contribution in [2.75, 3.05) is 0 Å². The highest BCUT2D eigenvalue weighted by atomic mass is 32.2. The van der Waals surface area contributed by atoms with Gasteiger partial charge >= 0.3 is 5.97 Å². The molecule has 0 aliphatic carbocycles. The predicted octanol–water partition coefficient (Wildman–Crippen LogP) is 2.78. The molecule has 0 saturated heterocycles. The van der Waals surface area contributed by atoms with Crippen LogP contribution in [-0.4, -0.2) is 24.5 Å². The number of aryl methyl sites for hydroxylation is 1. The first-order valence-electron chi connectivity index (χ1n) is 8.12. The molecule has 0 aliphatic rings. The Morgan fingerprint density at radius 3 is 2.30 bits per heavy atom. The largest absolute Gasteiger partial charge is 0.478 e. The van der Waals surface area contributed by atoms with Crippen LogP contribution in [0.3, 0.4) is 0 Å². The number of benzene rings is 2. The van der Waals surface area contributed by atoms with E-state index in [2.05, 4.69) is 4.98 Å². The Labute approximate surface area is 156 Å². The van der Waals surface area contributed by atoms with Crippen LogP contribution in [0.25, 0.3) is 11.5 Å². The number of aromatic nitrogens is 1. The lowest BCUT2D eigenvalue weighted by atomic mass is 10.1. The predicted molar refractivity (Wildman–Crippen MR) is 98.9 cm³/mol. The molecule has 3 aromatic rings. The number of nitrogens with zero attached hydrogens (tertiary/aromatic N) is 1. The Hall–Kier alpha value is -2.97. The van der Waals surface area contributed by atoms with E-state index in [1.165, 1.54) is 24.3 Å². The number of carbonyl (C=O) groups is 1. The molecule has 0 bridgehead atoms. The van der Waals surface area contributed by atoms with Gasteiger partial charge in [0.15, 0.2) is 9.84 Å². The molecule has 1 aromatic heterocycles. The fraction of sp³-hybridized carbons (Fsp3) is 0.158. The number of carboxylic acids is 1. The molecule has 0 aliphatic heterocycles. The van der Waals surface area contributed by atoms with Gasteiger partial charge in [0, 0.05) is 12.1 Å². The van der Waals surface area contributed by atoms with Gasteiger partial charge in [0.2, 0.25) is 5.89 Å². The van der Waals surface area contributed by atoms with Gasteiger partial charge in [-0.25, -0.2) is 18.2 Å². The number of sulfone groups is 1. The summed E-state index contributed by atoms with van der Waals surface area (Å²) in [5, 5.41) is 8.95. The van der Waals surface area contributed by atoms with E-state index in [0.717, 1.165) is 5.56 Å². The molecule has 0 unspecified atom stereocenters. The molecule has 7 nitrogen and oxygen atoms in total. The smallest absolute Gasteiger partial charge is 0.335 e. The minimum absolute atomic E-state index is 0.144. The zero-order valence-corrected chi connectivity index (χ0v) is 15.4. The van der Waals surface area contributed by atoms with Crippen LogP contribution in [0, 0.1) is 6.92 Å². The number of rotatable bonds is 6. The van der Waals surface area contributed by atoms with Crippen molar-refractivity contribution in [2.45, 2.75) is 24.1 Å². The van der Waals surface area contributed by atoms with Gasteiger partial charge in [-0.3, -0.25) is 0 Å². The van der Waals surface area contributed by atoms with Gasteiger partial charge in [-0.05, 0) is 48.9 Å². The third-order valence-electron chi connectivity index (χ3n) is 4.12. The van der Waals surface area contributed by atoms with Crippen LogP contribution in [0.5, 0.6) is 0 Å². The molecule has 1 heterocycles. The van der Waals surface area contributed by atoms with E-state index >= 15 is 0 Å². The SMILES string of the molecule is Cc1oc(-c2ccc(C(=O)O)cc2)nc1CS(=O)(=O)c1ccc(CN)cc1. The van der Waals surface area contributed by atoms with E-state index in [9.17, 15) is 13.2 Å². The van der Waals surface area contributed by atoms with Gasteiger partial charge in [-0.2, -0.15) is 0 Å². The van der Waals surface area contributed by atoms with E-state index in [1.54, 1.807) is 31.2 Å². The zero-order valence-electron chi connectivity index (χ0n) is 14.5. The first-order chi connectivity index (χ1) is 12.8. The number of oxazole rings is 1. The van der Waals surface area contributed by atoms with Crippen molar-refractivity contribution in [1.29, 1.82) is 0 Å². The van der Waals surface area contributed by atoms with Crippen molar-refractivity contribution in [2.24, 2.45) is 5.73 Å². The summed E-state index contributed by atoms with van der Waals surface area (Å²) in [6.45, 7) is 1.98. The fourth-order valence-corrected chi connectivity index (χ4v) is 3.88. The third-order valence-corrected chi connectivity index (χ3v) is 5.76. The van der Waals surface area contributed by atoms with Gasteiger partial charge in [-0.15, -0.1) is 0 Å². The van der Waals surface area contributed by atoms with Gasteiger partial charge in [0.1, 0.15) is 11.5 Å². The molecule has 3 N–H and O–H groups in total. The molecule has 8 heteroatoms. The number of aromatic carboxylic acids is 1. The lowest BCUT2D eigenvalue weighted by Gasteiger charge is -2.04. The summed E-state index contributed by atoms with van der Waals surface area (Å²) in [6.07, 6.45) is 0. The summed E-state index contributed by atoms with van der Waals surface area (Å²) >= 11 is 0. The van der Waals surface area contributed by atoms with Gasteiger partial charge < -0.3 is 15.3 Å². The van der Waals surface area contributed by atoms with Gasteiger partial charge in [-0.1, -0.05) is 12.1 Å². The van der Waals surface area contributed by atoms with E-state index in [-0.39, 0.29) is 22.1 Å². The molecule has 0 fully saturated rings. The Morgan fingerprint density at radius 1 is 1.11 bits per heavy atom. The summed E-state index contributed by atoms with van der Waals surface area (Å²) in [5.41, 5.74) is 7.41. The number of hydrogen-bond donors (Lipinski definition) is 2. The van der Waals surface area contributed by atoms with E-state index in [0.29, 0.717) is 23.6 Å². The van der Waals surface area contributed by atoms with Crippen LogP contribution in [-0.2, 0) is 22.1 Å². The summed E-state index contributed by atoms with van der Waals surface area (Å²) in [6, 6.07) is 12.4. The molecule has 0 atom stereocenters. The quantitative estimate of drug-likeness (QED) is 0.667. The molecule has 3 rings (SSSR count). The minimum atomic E-state index is -3.59. The van der Waals surface area contributed by atoms with Crippen molar-refractivity contribution >= 4 is 15.8 Å². The van der Waals surface area contributed by atoms with Crippen molar-refractivity contribution in [3.63, 3.8) is 0 Å². The number of carboxylic acid groups (broad SMARTS) is 1. The molecule has 140 valence electrons. The van der Waals surface area contributed by atoms with Crippen LogP contribution < -0.4 is 5.73 Å². The molecular formula is C19H18N2O5S. The first kappa shape index (κ1) is 18.8. The third kappa shape index (κ3) is 4.07. The maximum Gasteiger partial charge on any atom is 0.335 e. The van der Waals surface area contributed by atoms with Gasteiger partial charge in [0.05, 0.1) is 16.2 Å². The molecule has 0 amide bonds. The van der Waals surface area contributed by atoms with Crippen LogP contribution in [0.15, 0.2) is 57.8 Å². The molecule has 0 saturated carbocycles. The topological polar surface area (TPSA) is 123 Å².